The molecule has 0 aliphatic carbocycles. The van der Waals surface area contributed by atoms with E-state index in [2.05, 4.69) is 22.3 Å². The fraction of sp³-hybridized carbons (Fsp3) is 0.360. The number of aryl methyl sites for hydroxylation is 1. The number of amides is 2. The van der Waals surface area contributed by atoms with Crippen LogP contribution in [0, 0.1) is 12.8 Å². The van der Waals surface area contributed by atoms with Crippen LogP contribution in [0.4, 0.5) is 11.4 Å². The first-order chi connectivity index (χ1) is 14.4. The van der Waals surface area contributed by atoms with Gasteiger partial charge >= 0.3 is 0 Å². The van der Waals surface area contributed by atoms with Crippen molar-refractivity contribution in [2.45, 2.75) is 33.6 Å². The first kappa shape index (κ1) is 20.2. The Labute approximate surface area is 178 Å². The van der Waals surface area contributed by atoms with Crippen LogP contribution in [0.2, 0.25) is 0 Å². The first-order valence-electron chi connectivity index (χ1n) is 10.7. The molecule has 2 aromatic carbocycles. The minimum Gasteiger partial charge on any atom is -0.372 e. The lowest BCUT2D eigenvalue weighted by Gasteiger charge is -2.18. The van der Waals surface area contributed by atoms with Gasteiger partial charge in [-0.15, -0.1) is 0 Å². The summed E-state index contributed by atoms with van der Waals surface area (Å²) in [5.41, 5.74) is 4.69. The normalized spacial score (nSPS) is 16.9. The molecule has 1 saturated heterocycles. The van der Waals surface area contributed by atoms with E-state index in [0.717, 1.165) is 29.9 Å². The van der Waals surface area contributed by atoms with Crippen LogP contribution in [0.5, 0.6) is 0 Å². The van der Waals surface area contributed by atoms with Crippen molar-refractivity contribution < 1.29 is 9.59 Å². The van der Waals surface area contributed by atoms with Crippen LogP contribution in [0.3, 0.4) is 0 Å². The van der Waals surface area contributed by atoms with Crippen molar-refractivity contribution in [2.75, 3.05) is 29.9 Å². The number of hydrogen-bond donors (Lipinski definition) is 1. The van der Waals surface area contributed by atoms with Crippen molar-refractivity contribution in [2.24, 2.45) is 5.92 Å². The van der Waals surface area contributed by atoms with Gasteiger partial charge in [0.1, 0.15) is 5.70 Å². The van der Waals surface area contributed by atoms with Gasteiger partial charge < -0.3 is 10.2 Å². The molecule has 0 bridgehead atoms. The van der Waals surface area contributed by atoms with Crippen LogP contribution in [0.25, 0.3) is 5.57 Å². The second kappa shape index (κ2) is 8.34. The summed E-state index contributed by atoms with van der Waals surface area (Å²) in [7, 11) is 0. The van der Waals surface area contributed by atoms with Crippen LogP contribution in [0.1, 0.15) is 37.8 Å². The van der Waals surface area contributed by atoms with Crippen LogP contribution in [-0.2, 0) is 9.59 Å². The van der Waals surface area contributed by atoms with Gasteiger partial charge in [0.2, 0.25) is 0 Å². The summed E-state index contributed by atoms with van der Waals surface area (Å²) in [6.45, 7) is 8.61. The second-order valence-electron chi connectivity index (χ2n) is 8.60. The molecule has 5 nitrogen and oxygen atoms in total. The second-order valence-corrected chi connectivity index (χ2v) is 8.60. The Hall–Kier alpha value is -3.08. The standard InChI is InChI=1S/C25H29N3O2/c1-17(2)16-28-24(29)22(19-8-6-18(3)7-9-19)23(25(28)30)26-20-10-12-21(13-11-20)27-14-4-5-15-27/h6-13,17,26H,4-5,14-16H2,1-3H3. The van der Waals surface area contributed by atoms with E-state index in [0.29, 0.717) is 17.8 Å². The Bertz CT molecular complexity index is 968. The maximum Gasteiger partial charge on any atom is 0.278 e. The molecular formula is C25H29N3O2. The molecule has 2 heterocycles. The summed E-state index contributed by atoms with van der Waals surface area (Å²) in [6.07, 6.45) is 2.46. The van der Waals surface area contributed by atoms with Crippen molar-refractivity contribution in [1.82, 2.24) is 4.90 Å². The minimum atomic E-state index is -0.257. The Kier molecular flexibility index (Phi) is 5.62. The molecular weight excluding hydrogens is 374 g/mol. The molecule has 4 rings (SSSR count). The highest BCUT2D eigenvalue weighted by molar-refractivity contribution is 6.36. The number of nitrogens with zero attached hydrogens (tertiary/aromatic N) is 2. The van der Waals surface area contributed by atoms with Gasteiger partial charge in [-0.2, -0.15) is 0 Å². The summed E-state index contributed by atoms with van der Waals surface area (Å²) < 4.78 is 0. The molecule has 0 atom stereocenters. The number of carbonyl (C=O) groups excluding carboxylic acids is 2. The number of nitrogens with one attached hydrogen (secondary N) is 1. The summed E-state index contributed by atoms with van der Waals surface area (Å²) in [5.74, 6) is -0.280. The fourth-order valence-electron chi connectivity index (χ4n) is 4.09. The largest absolute Gasteiger partial charge is 0.372 e. The Morgan fingerprint density at radius 2 is 1.53 bits per heavy atom. The average Bonchev–Trinajstić information content (AvgIpc) is 3.33. The fourth-order valence-corrected chi connectivity index (χ4v) is 4.09. The topological polar surface area (TPSA) is 52.7 Å². The number of rotatable bonds is 6. The Morgan fingerprint density at radius 1 is 0.900 bits per heavy atom. The summed E-state index contributed by atoms with van der Waals surface area (Å²) >= 11 is 0. The van der Waals surface area contributed by atoms with Crippen molar-refractivity contribution >= 4 is 28.8 Å². The molecule has 156 valence electrons. The quantitative estimate of drug-likeness (QED) is 0.725. The highest BCUT2D eigenvalue weighted by Crippen LogP contribution is 2.32. The van der Waals surface area contributed by atoms with E-state index in [1.54, 1.807) is 0 Å². The summed E-state index contributed by atoms with van der Waals surface area (Å²) in [5, 5.41) is 3.25. The van der Waals surface area contributed by atoms with E-state index in [1.807, 2.05) is 57.2 Å². The first-order valence-corrected chi connectivity index (χ1v) is 10.7. The number of carbonyl (C=O) groups is 2. The third-order valence-corrected chi connectivity index (χ3v) is 5.66. The van der Waals surface area contributed by atoms with E-state index < -0.39 is 0 Å². The van der Waals surface area contributed by atoms with Gasteiger partial charge in [0.15, 0.2) is 0 Å². The van der Waals surface area contributed by atoms with Gasteiger partial charge in [-0.25, -0.2) is 0 Å². The lowest BCUT2D eigenvalue weighted by molar-refractivity contribution is -0.137. The van der Waals surface area contributed by atoms with Crippen molar-refractivity contribution in [3.63, 3.8) is 0 Å². The SMILES string of the molecule is Cc1ccc(C2=C(Nc3ccc(N4CCCC4)cc3)C(=O)N(CC(C)C)C2=O)cc1. The van der Waals surface area contributed by atoms with E-state index in [9.17, 15) is 9.59 Å². The number of imide groups is 1. The molecule has 1 N–H and O–H groups in total. The van der Waals surface area contributed by atoms with Gasteiger partial charge in [0, 0.05) is 31.0 Å². The number of anilines is 2. The van der Waals surface area contributed by atoms with Crippen molar-refractivity contribution in [3.05, 3.63) is 65.4 Å². The maximum atomic E-state index is 13.2. The molecule has 0 unspecified atom stereocenters. The summed E-state index contributed by atoms with van der Waals surface area (Å²) in [6, 6.07) is 15.9. The monoisotopic (exact) mass is 403 g/mol. The van der Waals surface area contributed by atoms with E-state index in [4.69, 9.17) is 0 Å². The van der Waals surface area contributed by atoms with Crippen LogP contribution < -0.4 is 10.2 Å². The van der Waals surface area contributed by atoms with Gasteiger partial charge in [0.25, 0.3) is 11.8 Å². The molecule has 5 heteroatoms. The van der Waals surface area contributed by atoms with E-state index >= 15 is 0 Å². The third kappa shape index (κ3) is 3.97. The zero-order valence-electron chi connectivity index (χ0n) is 17.9. The maximum absolute atomic E-state index is 13.2. The molecule has 30 heavy (non-hydrogen) atoms. The van der Waals surface area contributed by atoms with E-state index in [-0.39, 0.29) is 17.7 Å². The number of benzene rings is 2. The molecule has 0 radical (unpaired) electrons. The third-order valence-electron chi connectivity index (χ3n) is 5.66. The van der Waals surface area contributed by atoms with E-state index in [1.165, 1.54) is 23.4 Å². The molecule has 0 aromatic heterocycles. The molecule has 2 aliphatic rings. The predicted octanol–water partition coefficient (Wildman–Crippen LogP) is 4.44. The number of hydrogen-bond acceptors (Lipinski definition) is 4. The van der Waals surface area contributed by atoms with Gasteiger partial charge in [-0.3, -0.25) is 14.5 Å². The molecule has 2 amide bonds. The molecule has 2 aliphatic heterocycles. The lowest BCUT2D eigenvalue weighted by atomic mass is 10.0. The molecule has 0 saturated carbocycles. The molecule has 0 spiro atoms. The zero-order valence-corrected chi connectivity index (χ0v) is 17.9. The zero-order chi connectivity index (χ0) is 21.3. The van der Waals surface area contributed by atoms with Crippen molar-refractivity contribution in [3.8, 4) is 0 Å². The smallest absolute Gasteiger partial charge is 0.278 e. The highest BCUT2D eigenvalue weighted by atomic mass is 16.2. The summed E-state index contributed by atoms with van der Waals surface area (Å²) in [4.78, 5) is 30.1. The predicted molar refractivity (Wildman–Crippen MR) is 121 cm³/mol. The van der Waals surface area contributed by atoms with Crippen molar-refractivity contribution in [1.29, 1.82) is 0 Å². The van der Waals surface area contributed by atoms with Gasteiger partial charge in [0.05, 0.1) is 5.57 Å². The van der Waals surface area contributed by atoms with Gasteiger partial charge in [-0.05, 0) is 55.5 Å². The average molecular weight is 404 g/mol. The Balaban J connectivity index is 1.66. The minimum absolute atomic E-state index is 0.205. The molecule has 2 aromatic rings. The van der Waals surface area contributed by atoms with Crippen LogP contribution in [0.15, 0.2) is 54.2 Å². The highest BCUT2D eigenvalue weighted by Gasteiger charge is 2.39. The van der Waals surface area contributed by atoms with Gasteiger partial charge in [-0.1, -0.05) is 43.7 Å². The van der Waals surface area contributed by atoms with Crippen LogP contribution >= 0.6 is 0 Å². The lowest BCUT2D eigenvalue weighted by Crippen LogP contribution is -2.35. The van der Waals surface area contributed by atoms with Crippen LogP contribution in [-0.4, -0.2) is 36.3 Å². The molecule has 1 fully saturated rings. The Morgan fingerprint density at radius 3 is 2.13 bits per heavy atom.